The summed E-state index contributed by atoms with van der Waals surface area (Å²) in [5.41, 5.74) is -0.164. The van der Waals surface area contributed by atoms with Gasteiger partial charge in [-0.25, -0.2) is 4.79 Å². The van der Waals surface area contributed by atoms with Gasteiger partial charge in [0.1, 0.15) is 12.1 Å². The molecule has 0 bridgehead atoms. The molecule has 0 spiro atoms. The van der Waals surface area contributed by atoms with Gasteiger partial charge in [0.25, 0.3) is 5.91 Å². The van der Waals surface area contributed by atoms with Crippen molar-refractivity contribution < 1.29 is 14.4 Å². The zero-order chi connectivity index (χ0) is 17.9. The van der Waals surface area contributed by atoms with Gasteiger partial charge in [0.2, 0.25) is 5.91 Å². The summed E-state index contributed by atoms with van der Waals surface area (Å²) in [4.78, 5) is 40.1. The van der Waals surface area contributed by atoms with Crippen molar-refractivity contribution in [2.45, 2.75) is 52.1 Å². The number of anilines is 1. The largest absolute Gasteiger partial charge is 0.325 e. The summed E-state index contributed by atoms with van der Waals surface area (Å²) in [5.74, 6) is -0.611. The van der Waals surface area contributed by atoms with Crippen LogP contribution in [0, 0.1) is 0 Å². The van der Waals surface area contributed by atoms with E-state index < -0.39 is 11.6 Å². The fourth-order valence-corrected chi connectivity index (χ4v) is 3.09. The first-order chi connectivity index (χ1) is 11.3. The predicted molar refractivity (Wildman–Crippen MR) is 92.6 cm³/mol. The Morgan fingerprint density at radius 1 is 1.25 bits per heavy atom. The second-order valence-electron chi connectivity index (χ2n) is 6.60. The Kier molecular flexibility index (Phi) is 5.26. The Bertz CT molecular complexity index is 630. The number of nitrogens with one attached hydrogen (secondary N) is 1. The normalized spacial score (nSPS) is 20.5. The van der Waals surface area contributed by atoms with Crippen LogP contribution in [0.25, 0.3) is 0 Å². The number of rotatable bonds is 6. The average molecular weight is 331 g/mol. The molecule has 1 aromatic rings. The number of nitrogens with zero attached hydrogens (tertiary/aromatic N) is 2. The highest BCUT2D eigenvalue weighted by atomic mass is 16.2. The second-order valence-corrected chi connectivity index (χ2v) is 6.60. The molecule has 1 heterocycles. The standard InChI is InChI=1S/C18H25N3O3/c1-5-11-18(4)16(23)20(17(24)19-18)12-15(22)21(13(2)3)14-9-7-6-8-10-14/h6-10,13H,5,11-12H2,1-4H3,(H,19,24). The maximum Gasteiger partial charge on any atom is 0.325 e. The summed E-state index contributed by atoms with van der Waals surface area (Å²) in [5, 5.41) is 2.71. The third-order valence-corrected chi connectivity index (χ3v) is 4.21. The summed E-state index contributed by atoms with van der Waals surface area (Å²) in [7, 11) is 0. The lowest BCUT2D eigenvalue weighted by Gasteiger charge is -2.28. The summed E-state index contributed by atoms with van der Waals surface area (Å²) in [6.45, 7) is 7.21. The zero-order valence-corrected chi connectivity index (χ0v) is 14.7. The molecule has 1 aliphatic rings. The smallest absolute Gasteiger partial charge is 0.323 e. The molecule has 1 fully saturated rings. The van der Waals surface area contributed by atoms with Crippen LogP contribution in [0.4, 0.5) is 10.5 Å². The van der Waals surface area contributed by atoms with Crippen molar-refractivity contribution in [1.29, 1.82) is 0 Å². The molecule has 0 aromatic heterocycles. The number of carbonyl (C=O) groups is 3. The summed E-state index contributed by atoms with van der Waals surface area (Å²) in [6.07, 6.45) is 1.32. The van der Waals surface area contributed by atoms with E-state index in [1.165, 1.54) is 0 Å². The van der Waals surface area contributed by atoms with Crippen LogP contribution in [0.3, 0.4) is 0 Å². The number of hydrogen-bond acceptors (Lipinski definition) is 3. The van der Waals surface area contributed by atoms with Crippen LogP contribution >= 0.6 is 0 Å². The third kappa shape index (κ3) is 3.42. The Hall–Kier alpha value is -2.37. The highest BCUT2D eigenvalue weighted by molar-refractivity contribution is 6.10. The molecule has 1 atom stereocenters. The minimum atomic E-state index is -0.915. The molecule has 2 rings (SSSR count). The molecule has 1 aromatic carbocycles. The van der Waals surface area contributed by atoms with Crippen LogP contribution in [0.1, 0.15) is 40.5 Å². The number of urea groups is 1. The minimum Gasteiger partial charge on any atom is -0.323 e. The number of benzene rings is 1. The molecule has 1 saturated heterocycles. The fraction of sp³-hybridized carbons (Fsp3) is 0.500. The van der Waals surface area contributed by atoms with E-state index in [2.05, 4.69) is 5.32 Å². The van der Waals surface area contributed by atoms with Gasteiger partial charge in [0.15, 0.2) is 0 Å². The molecule has 4 amide bonds. The van der Waals surface area contributed by atoms with Crippen LogP contribution < -0.4 is 10.2 Å². The van der Waals surface area contributed by atoms with Crippen LogP contribution in [0.5, 0.6) is 0 Å². The second kappa shape index (κ2) is 7.03. The van der Waals surface area contributed by atoms with Gasteiger partial charge < -0.3 is 10.2 Å². The fourth-order valence-electron chi connectivity index (χ4n) is 3.09. The van der Waals surface area contributed by atoms with Gasteiger partial charge in [0.05, 0.1) is 0 Å². The summed E-state index contributed by atoms with van der Waals surface area (Å²) in [6, 6.07) is 8.67. The summed E-state index contributed by atoms with van der Waals surface area (Å²) >= 11 is 0. The molecule has 1 aliphatic heterocycles. The molecular formula is C18H25N3O3. The number of imide groups is 1. The van der Waals surface area contributed by atoms with E-state index in [1.807, 2.05) is 51.1 Å². The van der Waals surface area contributed by atoms with Crippen molar-refractivity contribution in [1.82, 2.24) is 10.2 Å². The van der Waals surface area contributed by atoms with Crippen molar-refractivity contribution in [3.63, 3.8) is 0 Å². The Balaban J connectivity index is 2.19. The van der Waals surface area contributed by atoms with E-state index in [4.69, 9.17) is 0 Å². The van der Waals surface area contributed by atoms with Crippen molar-refractivity contribution in [3.8, 4) is 0 Å². The SMILES string of the molecule is CCCC1(C)NC(=O)N(CC(=O)N(c2ccccc2)C(C)C)C1=O. The molecule has 6 nitrogen and oxygen atoms in total. The quantitative estimate of drug-likeness (QED) is 0.814. The average Bonchev–Trinajstić information content (AvgIpc) is 2.72. The van der Waals surface area contributed by atoms with Gasteiger partial charge in [0, 0.05) is 11.7 Å². The van der Waals surface area contributed by atoms with Gasteiger partial charge in [-0.3, -0.25) is 14.5 Å². The van der Waals surface area contributed by atoms with E-state index in [9.17, 15) is 14.4 Å². The van der Waals surface area contributed by atoms with Gasteiger partial charge >= 0.3 is 6.03 Å². The molecule has 24 heavy (non-hydrogen) atoms. The molecule has 1 unspecified atom stereocenters. The van der Waals surface area contributed by atoms with Crippen molar-refractivity contribution in [2.75, 3.05) is 11.4 Å². The predicted octanol–water partition coefficient (Wildman–Crippen LogP) is 2.54. The molecule has 0 saturated carbocycles. The van der Waals surface area contributed by atoms with Crippen LogP contribution in [0.15, 0.2) is 30.3 Å². The number of para-hydroxylation sites is 1. The topological polar surface area (TPSA) is 69.7 Å². The Morgan fingerprint density at radius 3 is 2.42 bits per heavy atom. The van der Waals surface area contributed by atoms with Crippen molar-refractivity contribution in [3.05, 3.63) is 30.3 Å². The molecule has 130 valence electrons. The molecule has 6 heteroatoms. The lowest BCUT2D eigenvalue weighted by molar-refractivity contribution is -0.134. The summed E-state index contributed by atoms with van der Waals surface area (Å²) < 4.78 is 0. The Labute approximate surface area is 142 Å². The van der Waals surface area contributed by atoms with Crippen LogP contribution in [-0.2, 0) is 9.59 Å². The van der Waals surface area contributed by atoms with E-state index in [-0.39, 0.29) is 24.4 Å². The zero-order valence-electron chi connectivity index (χ0n) is 14.7. The van der Waals surface area contributed by atoms with Crippen LogP contribution in [0.2, 0.25) is 0 Å². The lowest BCUT2D eigenvalue weighted by Crippen LogP contribution is -2.47. The Morgan fingerprint density at radius 2 is 1.88 bits per heavy atom. The number of hydrogen-bond donors (Lipinski definition) is 1. The van der Waals surface area contributed by atoms with Crippen molar-refractivity contribution in [2.24, 2.45) is 0 Å². The first-order valence-corrected chi connectivity index (χ1v) is 8.31. The third-order valence-electron chi connectivity index (χ3n) is 4.21. The van der Waals surface area contributed by atoms with E-state index in [0.29, 0.717) is 6.42 Å². The van der Waals surface area contributed by atoms with E-state index >= 15 is 0 Å². The number of carbonyl (C=O) groups excluding carboxylic acids is 3. The lowest BCUT2D eigenvalue weighted by atomic mass is 9.96. The van der Waals surface area contributed by atoms with E-state index in [0.717, 1.165) is 17.0 Å². The molecule has 1 N–H and O–H groups in total. The molecule has 0 radical (unpaired) electrons. The molecule has 0 aliphatic carbocycles. The van der Waals surface area contributed by atoms with Gasteiger partial charge in [-0.05, 0) is 39.3 Å². The first-order valence-electron chi connectivity index (χ1n) is 8.31. The number of amides is 4. The maximum absolute atomic E-state index is 12.8. The molecular weight excluding hydrogens is 306 g/mol. The monoisotopic (exact) mass is 331 g/mol. The highest BCUT2D eigenvalue weighted by Crippen LogP contribution is 2.23. The first kappa shape index (κ1) is 18.0. The van der Waals surface area contributed by atoms with Crippen molar-refractivity contribution >= 4 is 23.5 Å². The minimum absolute atomic E-state index is 0.0808. The van der Waals surface area contributed by atoms with Crippen LogP contribution in [-0.4, -0.2) is 40.9 Å². The highest BCUT2D eigenvalue weighted by Gasteiger charge is 2.47. The van der Waals surface area contributed by atoms with E-state index in [1.54, 1.807) is 11.8 Å². The van der Waals surface area contributed by atoms with Gasteiger partial charge in [-0.2, -0.15) is 0 Å². The van der Waals surface area contributed by atoms with Gasteiger partial charge in [-0.15, -0.1) is 0 Å². The van der Waals surface area contributed by atoms with Gasteiger partial charge in [-0.1, -0.05) is 31.5 Å². The maximum atomic E-state index is 12.8.